The molecule has 0 aliphatic carbocycles. The summed E-state index contributed by atoms with van der Waals surface area (Å²) in [6.45, 7) is 6.48. The predicted octanol–water partition coefficient (Wildman–Crippen LogP) is 4.21. The molecule has 3 heterocycles. The molecule has 2 atom stereocenters. The van der Waals surface area contributed by atoms with Gasteiger partial charge in [-0.3, -0.25) is 14.2 Å². The molecule has 0 fully saturated rings. The van der Waals surface area contributed by atoms with Crippen LogP contribution in [0.2, 0.25) is 0 Å². The van der Waals surface area contributed by atoms with Gasteiger partial charge in [-0.2, -0.15) is 0 Å². The minimum atomic E-state index is -0.517. The number of rotatable bonds is 6. The normalized spacial score (nSPS) is 16.8. The van der Waals surface area contributed by atoms with Gasteiger partial charge in [0.15, 0.2) is 5.16 Å². The van der Waals surface area contributed by atoms with Crippen molar-refractivity contribution >= 4 is 39.3 Å². The van der Waals surface area contributed by atoms with Crippen LogP contribution in [-0.4, -0.2) is 41.1 Å². The van der Waals surface area contributed by atoms with Gasteiger partial charge < -0.3 is 14.2 Å². The molecule has 0 unspecified atom stereocenters. The van der Waals surface area contributed by atoms with Gasteiger partial charge in [-0.1, -0.05) is 25.6 Å². The Kier molecular flexibility index (Phi) is 6.60. The van der Waals surface area contributed by atoms with Crippen molar-refractivity contribution in [1.29, 1.82) is 0 Å². The Labute approximate surface area is 194 Å². The number of ether oxygens (including phenoxy) is 3. The first-order chi connectivity index (χ1) is 15.3. The van der Waals surface area contributed by atoms with E-state index in [0.717, 1.165) is 10.4 Å². The highest BCUT2D eigenvalue weighted by Gasteiger charge is 2.29. The number of carbonyl (C=O) groups excluding carboxylic acids is 1. The number of carbonyl (C=O) groups is 1. The van der Waals surface area contributed by atoms with Crippen molar-refractivity contribution in [3.8, 4) is 11.4 Å². The zero-order valence-corrected chi connectivity index (χ0v) is 20.3. The van der Waals surface area contributed by atoms with E-state index in [9.17, 15) is 9.59 Å². The maximum atomic E-state index is 13.9. The summed E-state index contributed by atoms with van der Waals surface area (Å²) in [6.07, 6.45) is 0.764. The Bertz CT molecular complexity index is 1200. The van der Waals surface area contributed by atoms with Gasteiger partial charge in [0, 0.05) is 11.3 Å². The Balaban J connectivity index is 1.91. The molecular weight excluding hydrogens is 448 g/mol. The molecule has 0 amide bonds. The lowest BCUT2D eigenvalue weighted by Crippen LogP contribution is -2.28. The number of hydrogen-bond donors (Lipinski definition) is 0. The topological polar surface area (TPSA) is 79.7 Å². The quantitative estimate of drug-likeness (QED) is 0.301. The van der Waals surface area contributed by atoms with Gasteiger partial charge >= 0.3 is 5.97 Å². The predicted molar refractivity (Wildman–Crippen MR) is 126 cm³/mol. The Hall–Kier alpha value is -2.36. The fourth-order valence-corrected chi connectivity index (χ4v) is 5.86. The van der Waals surface area contributed by atoms with E-state index in [1.54, 1.807) is 30.7 Å². The number of hydrogen-bond acceptors (Lipinski definition) is 8. The van der Waals surface area contributed by atoms with Gasteiger partial charge in [-0.25, -0.2) is 4.98 Å². The van der Waals surface area contributed by atoms with E-state index in [4.69, 9.17) is 19.2 Å². The minimum Gasteiger partial charge on any atom is -0.497 e. The van der Waals surface area contributed by atoms with Crippen LogP contribution < -0.4 is 10.3 Å². The first-order valence-electron chi connectivity index (χ1n) is 10.4. The fourth-order valence-electron chi connectivity index (χ4n) is 3.75. The maximum absolute atomic E-state index is 13.9. The summed E-state index contributed by atoms with van der Waals surface area (Å²) in [5.41, 5.74) is 1.56. The first-order valence-corrected chi connectivity index (χ1v) is 12.1. The highest BCUT2D eigenvalue weighted by molar-refractivity contribution is 8.00. The van der Waals surface area contributed by atoms with Crippen LogP contribution in [0.3, 0.4) is 0 Å². The highest BCUT2D eigenvalue weighted by atomic mass is 32.2. The summed E-state index contributed by atoms with van der Waals surface area (Å²) in [4.78, 5) is 32.5. The summed E-state index contributed by atoms with van der Waals surface area (Å²) in [7, 11) is 2.95. The summed E-state index contributed by atoms with van der Waals surface area (Å²) in [6, 6.07) is 7.24. The molecule has 0 radical (unpaired) electrons. The molecule has 0 N–H and O–H groups in total. The van der Waals surface area contributed by atoms with E-state index in [1.165, 1.54) is 30.2 Å². The van der Waals surface area contributed by atoms with Crippen LogP contribution in [0.5, 0.6) is 5.75 Å². The summed E-state index contributed by atoms with van der Waals surface area (Å²) in [5, 5.41) is 0.576. The molecule has 2 aromatic heterocycles. The van der Waals surface area contributed by atoms with Crippen LogP contribution in [0.1, 0.15) is 31.2 Å². The van der Waals surface area contributed by atoms with E-state index in [2.05, 4.69) is 13.8 Å². The van der Waals surface area contributed by atoms with Crippen LogP contribution in [0, 0.1) is 5.92 Å². The van der Waals surface area contributed by atoms with Gasteiger partial charge in [-0.15, -0.1) is 11.3 Å². The molecule has 1 aromatic carbocycles. The SMILES string of the molecule is COC(=O)[C@@H](C)Sc1nc2sc3c(c2c(=O)n1-c1ccc(OC)cc1)C[C@H](C(C)C)OC3. The molecule has 0 saturated carbocycles. The van der Waals surface area contributed by atoms with E-state index in [1.807, 2.05) is 12.1 Å². The van der Waals surface area contributed by atoms with Crippen molar-refractivity contribution < 1.29 is 19.0 Å². The second kappa shape index (κ2) is 9.25. The highest BCUT2D eigenvalue weighted by Crippen LogP contribution is 2.37. The zero-order chi connectivity index (χ0) is 23.0. The third-order valence-corrected chi connectivity index (χ3v) is 7.73. The number of benzene rings is 1. The van der Waals surface area contributed by atoms with Crippen molar-refractivity contribution in [3.63, 3.8) is 0 Å². The molecule has 0 spiro atoms. The average molecular weight is 475 g/mol. The van der Waals surface area contributed by atoms with E-state index < -0.39 is 5.25 Å². The average Bonchev–Trinajstić information content (AvgIpc) is 3.16. The molecular formula is C23H26N2O5S2. The van der Waals surface area contributed by atoms with Gasteiger partial charge in [0.05, 0.1) is 38.0 Å². The van der Waals surface area contributed by atoms with Crippen LogP contribution >= 0.6 is 23.1 Å². The largest absolute Gasteiger partial charge is 0.497 e. The first kappa shape index (κ1) is 22.8. The van der Waals surface area contributed by atoms with Gasteiger partial charge in [0.25, 0.3) is 5.56 Å². The number of methoxy groups -OCH3 is 2. The third-order valence-electron chi connectivity index (χ3n) is 5.60. The molecule has 4 rings (SSSR count). The smallest absolute Gasteiger partial charge is 0.318 e. The molecule has 32 heavy (non-hydrogen) atoms. The lowest BCUT2D eigenvalue weighted by molar-refractivity contribution is -0.139. The number of esters is 1. The van der Waals surface area contributed by atoms with Crippen LogP contribution in [-0.2, 0) is 27.3 Å². The van der Waals surface area contributed by atoms with Crippen molar-refractivity contribution in [2.24, 2.45) is 5.92 Å². The number of fused-ring (bicyclic) bond motifs is 3. The molecule has 0 bridgehead atoms. The molecule has 3 aromatic rings. The molecule has 1 aliphatic rings. The lowest BCUT2D eigenvalue weighted by atomic mass is 9.96. The molecule has 0 saturated heterocycles. The number of thioether (sulfide) groups is 1. The molecule has 9 heteroatoms. The van der Waals surface area contributed by atoms with Crippen LogP contribution in [0.15, 0.2) is 34.2 Å². The number of nitrogens with zero attached hydrogens (tertiary/aromatic N) is 2. The Morgan fingerprint density at radius 3 is 2.59 bits per heavy atom. The van der Waals surface area contributed by atoms with Gasteiger partial charge in [-0.05, 0) is 42.7 Å². The van der Waals surface area contributed by atoms with Gasteiger partial charge in [0.1, 0.15) is 15.8 Å². The lowest BCUT2D eigenvalue weighted by Gasteiger charge is -2.26. The van der Waals surface area contributed by atoms with Crippen molar-refractivity contribution in [2.45, 2.75) is 50.3 Å². The van der Waals surface area contributed by atoms with Crippen molar-refractivity contribution in [2.75, 3.05) is 14.2 Å². The second-order valence-electron chi connectivity index (χ2n) is 8.00. The molecule has 170 valence electrons. The standard InChI is InChI=1S/C23H26N2O5S2/c1-12(2)17-10-16-18(11-30-17)32-20-19(16)21(26)25(14-6-8-15(28-4)9-7-14)23(24-20)31-13(3)22(27)29-5/h6-9,12-13,17H,10-11H2,1-5H3/t13-,17-/m1/s1. The number of thiophene rings is 1. The van der Waals surface area contributed by atoms with Crippen LogP contribution in [0.4, 0.5) is 0 Å². The third kappa shape index (κ3) is 4.16. The van der Waals surface area contributed by atoms with E-state index in [-0.39, 0.29) is 17.6 Å². The van der Waals surface area contributed by atoms with Gasteiger partial charge in [0.2, 0.25) is 0 Å². The van der Waals surface area contributed by atoms with E-state index >= 15 is 0 Å². The minimum absolute atomic E-state index is 0.0718. The molecule has 7 nitrogen and oxygen atoms in total. The second-order valence-corrected chi connectivity index (χ2v) is 10.4. The van der Waals surface area contributed by atoms with Crippen LogP contribution in [0.25, 0.3) is 15.9 Å². The molecule has 1 aliphatic heterocycles. The van der Waals surface area contributed by atoms with Crippen molar-refractivity contribution in [1.82, 2.24) is 9.55 Å². The monoisotopic (exact) mass is 474 g/mol. The van der Waals surface area contributed by atoms with Crippen molar-refractivity contribution in [3.05, 3.63) is 45.1 Å². The maximum Gasteiger partial charge on any atom is 0.318 e. The Morgan fingerprint density at radius 1 is 1.25 bits per heavy atom. The zero-order valence-electron chi connectivity index (χ0n) is 18.7. The fraction of sp³-hybridized carbons (Fsp3) is 0.435. The summed E-state index contributed by atoms with van der Waals surface area (Å²) < 4.78 is 17.7. The summed E-state index contributed by atoms with van der Waals surface area (Å²) in [5.74, 6) is 0.674. The number of aromatic nitrogens is 2. The summed E-state index contributed by atoms with van der Waals surface area (Å²) >= 11 is 2.70. The Morgan fingerprint density at radius 2 is 1.97 bits per heavy atom. The van der Waals surface area contributed by atoms with E-state index in [0.29, 0.717) is 45.8 Å².